The molecule has 10 heteroatoms. The lowest BCUT2D eigenvalue weighted by atomic mass is 9.95. The van der Waals surface area contributed by atoms with Crippen molar-refractivity contribution in [2.75, 3.05) is 24.7 Å². The van der Waals surface area contributed by atoms with Gasteiger partial charge in [0.15, 0.2) is 0 Å². The smallest absolute Gasteiger partial charge is 0.251 e. The summed E-state index contributed by atoms with van der Waals surface area (Å²) in [6.07, 6.45) is 2.14. The molecule has 3 rings (SSSR count). The van der Waals surface area contributed by atoms with Crippen molar-refractivity contribution >= 4 is 35.1 Å². The monoisotopic (exact) mass is 514 g/mol. The number of carbonyl (C=O) groups is 3. The van der Waals surface area contributed by atoms with Crippen molar-refractivity contribution in [2.24, 2.45) is 5.92 Å². The second-order valence-electron chi connectivity index (χ2n) is 9.19. The van der Waals surface area contributed by atoms with Gasteiger partial charge in [-0.3, -0.25) is 14.4 Å². The van der Waals surface area contributed by atoms with Gasteiger partial charge in [-0.05, 0) is 74.9 Å². The SMILES string of the molecule is Cc1nc(N)ccc1CNC(=O)[C@H](C)NC(=O)[C@H]1C[C@H](Cc2cccc(C(=O)NCCCCl)c2)CN1. The third-order valence-corrected chi connectivity index (χ3v) is 6.54. The topological polar surface area (TPSA) is 138 Å². The molecule has 3 atom stereocenters. The van der Waals surface area contributed by atoms with E-state index in [4.69, 9.17) is 17.3 Å². The number of aromatic nitrogens is 1. The van der Waals surface area contributed by atoms with Crippen molar-refractivity contribution in [1.29, 1.82) is 0 Å². The van der Waals surface area contributed by atoms with Crippen LogP contribution in [0, 0.1) is 12.8 Å². The van der Waals surface area contributed by atoms with E-state index in [1.165, 1.54) is 0 Å². The summed E-state index contributed by atoms with van der Waals surface area (Å²) in [5, 5.41) is 11.8. The summed E-state index contributed by atoms with van der Waals surface area (Å²) in [4.78, 5) is 41.7. The third kappa shape index (κ3) is 7.93. The number of nitrogens with one attached hydrogen (secondary N) is 4. The number of anilines is 1. The molecule has 36 heavy (non-hydrogen) atoms. The number of amides is 3. The minimum atomic E-state index is -0.672. The zero-order chi connectivity index (χ0) is 26.1. The minimum Gasteiger partial charge on any atom is -0.384 e. The van der Waals surface area contributed by atoms with Crippen LogP contribution in [0.5, 0.6) is 0 Å². The van der Waals surface area contributed by atoms with Gasteiger partial charge in [-0.25, -0.2) is 4.98 Å². The molecule has 2 aromatic rings. The molecule has 0 aliphatic carbocycles. The van der Waals surface area contributed by atoms with Gasteiger partial charge in [0.1, 0.15) is 11.9 Å². The predicted octanol–water partition coefficient (Wildman–Crippen LogP) is 1.67. The molecule has 9 nitrogen and oxygen atoms in total. The quantitative estimate of drug-likeness (QED) is 0.228. The van der Waals surface area contributed by atoms with Crippen molar-refractivity contribution in [3.63, 3.8) is 0 Å². The Bertz CT molecular complexity index is 1080. The zero-order valence-corrected chi connectivity index (χ0v) is 21.5. The number of aryl methyl sites for hydroxylation is 1. The Balaban J connectivity index is 1.45. The number of alkyl halides is 1. The molecule has 1 aromatic carbocycles. The van der Waals surface area contributed by atoms with Gasteiger partial charge < -0.3 is 27.0 Å². The number of carbonyl (C=O) groups excluding carboxylic acids is 3. The highest BCUT2D eigenvalue weighted by molar-refractivity contribution is 6.17. The zero-order valence-electron chi connectivity index (χ0n) is 20.8. The van der Waals surface area contributed by atoms with Crippen molar-refractivity contribution in [3.8, 4) is 0 Å². The Morgan fingerprint density at radius 2 is 2.03 bits per heavy atom. The summed E-state index contributed by atoms with van der Waals surface area (Å²) >= 11 is 5.66. The highest BCUT2D eigenvalue weighted by atomic mass is 35.5. The maximum Gasteiger partial charge on any atom is 0.251 e. The second-order valence-corrected chi connectivity index (χ2v) is 9.57. The third-order valence-electron chi connectivity index (χ3n) is 6.27. The van der Waals surface area contributed by atoms with Crippen molar-refractivity contribution in [1.82, 2.24) is 26.3 Å². The Kier molecular flexibility index (Phi) is 10.1. The maximum absolute atomic E-state index is 12.8. The van der Waals surface area contributed by atoms with Crippen LogP contribution in [-0.2, 0) is 22.6 Å². The number of nitrogen functional groups attached to an aromatic ring is 1. The van der Waals surface area contributed by atoms with Crippen LogP contribution in [0.25, 0.3) is 0 Å². The normalized spacial score (nSPS) is 17.9. The predicted molar refractivity (Wildman–Crippen MR) is 141 cm³/mol. The average molecular weight is 515 g/mol. The van der Waals surface area contributed by atoms with Gasteiger partial charge in [-0.1, -0.05) is 18.2 Å². The first-order valence-corrected chi connectivity index (χ1v) is 12.8. The van der Waals surface area contributed by atoms with Gasteiger partial charge in [-0.15, -0.1) is 11.6 Å². The number of nitrogens with two attached hydrogens (primary N) is 1. The number of hydrogen-bond acceptors (Lipinski definition) is 6. The molecule has 0 unspecified atom stereocenters. The molecule has 1 aliphatic rings. The Hall–Kier alpha value is -3.17. The summed E-state index contributed by atoms with van der Waals surface area (Å²) < 4.78 is 0. The molecule has 194 valence electrons. The first-order chi connectivity index (χ1) is 17.3. The lowest BCUT2D eigenvalue weighted by Gasteiger charge is -2.17. The molecule has 1 saturated heterocycles. The first-order valence-electron chi connectivity index (χ1n) is 12.2. The number of nitrogens with zero attached hydrogens (tertiary/aromatic N) is 1. The summed E-state index contributed by atoms with van der Waals surface area (Å²) in [5.74, 6) is 0.614. The molecule has 0 radical (unpaired) electrons. The lowest BCUT2D eigenvalue weighted by Crippen LogP contribution is -2.50. The van der Waals surface area contributed by atoms with E-state index < -0.39 is 6.04 Å². The molecule has 3 amide bonds. The number of benzene rings is 1. The average Bonchev–Trinajstić information content (AvgIpc) is 3.32. The molecule has 1 aromatic heterocycles. The lowest BCUT2D eigenvalue weighted by molar-refractivity contribution is -0.129. The summed E-state index contributed by atoms with van der Waals surface area (Å²) in [5.41, 5.74) is 8.96. The van der Waals surface area contributed by atoms with E-state index in [0.717, 1.165) is 29.7 Å². The van der Waals surface area contributed by atoms with Gasteiger partial charge in [0.2, 0.25) is 11.8 Å². The Morgan fingerprint density at radius 1 is 1.22 bits per heavy atom. The van der Waals surface area contributed by atoms with E-state index >= 15 is 0 Å². The summed E-state index contributed by atoms with van der Waals surface area (Å²) in [6.45, 7) is 5.04. The van der Waals surface area contributed by atoms with Crippen LogP contribution in [0.15, 0.2) is 36.4 Å². The first kappa shape index (κ1) is 27.4. The Labute approximate surface area is 217 Å². The number of hydrogen-bond donors (Lipinski definition) is 5. The van der Waals surface area contributed by atoms with Gasteiger partial charge in [0.05, 0.1) is 6.04 Å². The van der Waals surface area contributed by atoms with Gasteiger partial charge >= 0.3 is 0 Å². The minimum absolute atomic E-state index is 0.112. The van der Waals surface area contributed by atoms with E-state index in [9.17, 15) is 14.4 Å². The van der Waals surface area contributed by atoms with Crippen LogP contribution >= 0.6 is 11.6 Å². The van der Waals surface area contributed by atoms with Crippen LogP contribution in [0.4, 0.5) is 5.82 Å². The van der Waals surface area contributed by atoms with Gasteiger partial charge in [0.25, 0.3) is 5.91 Å². The van der Waals surface area contributed by atoms with Crippen LogP contribution in [-0.4, -0.2) is 53.8 Å². The number of halogens is 1. The number of rotatable bonds is 11. The maximum atomic E-state index is 12.8. The van der Waals surface area contributed by atoms with E-state index in [1.54, 1.807) is 19.1 Å². The number of pyridine rings is 1. The van der Waals surface area contributed by atoms with Crippen molar-refractivity contribution in [2.45, 2.75) is 51.7 Å². The molecular weight excluding hydrogens is 480 g/mol. The Morgan fingerprint density at radius 3 is 2.78 bits per heavy atom. The van der Waals surface area contributed by atoms with E-state index in [-0.39, 0.29) is 29.7 Å². The van der Waals surface area contributed by atoms with Crippen LogP contribution in [0.3, 0.4) is 0 Å². The fourth-order valence-corrected chi connectivity index (χ4v) is 4.35. The van der Waals surface area contributed by atoms with Crippen LogP contribution < -0.4 is 27.0 Å². The van der Waals surface area contributed by atoms with E-state index in [0.29, 0.717) is 43.3 Å². The van der Waals surface area contributed by atoms with Gasteiger partial charge in [0, 0.05) is 30.2 Å². The van der Waals surface area contributed by atoms with E-state index in [2.05, 4.69) is 26.3 Å². The molecule has 0 spiro atoms. The molecular formula is C26H35ClN6O3. The molecule has 0 bridgehead atoms. The van der Waals surface area contributed by atoms with Crippen LogP contribution in [0.1, 0.15) is 46.9 Å². The molecule has 1 fully saturated rings. The molecule has 0 saturated carbocycles. The molecule has 6 N–H and O–H groups in total. The standard InChI is InChI=1S/C26H35ClN6O3/c1-16-21(7-8-23(28)32-16)15-31-24(34)17(2)33-26(36)22-13-19(14-30-22)11-18-5-3-6-20(12-18)25(35)29-10-4-9-27/h3,5-8,12,17,19,22,30H,4,9-11,13-15H2,1-2H3,(H2,28,32)(H,29,35)(H,31,34)(H,33,36)/t17-,19-,22+/m0/s1. The van der Waals surface area contributed by atoms with E-state index in [1.807, 2.05) is 31.2 Å². The van der Waals surface area contributed by atoms with Crippen molar-refractivity contribution < 1.29 is 14.4 Å². The molecule has 1 aliphatic heterocycles. The summed E-state index contributed by atoms with van der Waals surface area (Å²) in [7, 11) is 0. The molecule has 2 heterocycles. The highest BCUT2D eigenvalue weighted by Gasteiger charge is 2.31. The highest BCUT2D eigenvalue weighted by Crippen LogP contribution is 2.20. The fourth-order valence-electron chi connectivity index (χ4n) is 4.22. The summed E-state index contributed by atoms with van der Waals surface area (Å²) in [6, 6.07) is 10.0. The second kappa shape index (κ2) is 13.2. The fraction of sp³-hybridized carbons (Fsp3) is 0.462. The van der Waals surface area contributed by atoms with Crippen molar-refractivity contribution in [3.05, 3.63) is 58.8 Å². The van der Waals surface area contributed by atoms with Gasteiger partial charge in [-0.2, -0.15) is 0 Å². The largest absolute Gasteiger partial charge is 0.384 e. The van der Waals surface area contributed by atoms with Crippen LogP contribution in [0.2, 0.25) is 0 Å².